The van der Waals surface area contributed by atoms with Crippen molar-refractivity contribution in [3.63, 3.8) is 0 Å². The molecule has 2 fully saturated rings. The first-order chi connectivity index (χ1) is 14.1. The highest BCUT2D eigenvalue weighted by atomic mass is 16.7. The number of likely N-dealkylation sites (tertiary alicyclic amines) is 1. The summed E-state index contributed by atoms with van der Waals surface area (Å²) in [6.45, 7) is 8.83. The van der Waals surface area contributed by atoms with E-state index in [9.17, 15) is 4.79 Å². The van der Waals surface area contributed by atoms with Crippen LogP contribution in [0, 0.1) is 0 Å². The predicted molar refractivity (Wildman–Crippen MR) is 108 cm³/mol. The Balaban J connectivity index is 1.27. The number of piperidine rings is 1. The molecule has 0 N–H and O–H groups in total. The molecule has 1 aromatic carbocycles. The third kappa shape index (κ3) is 4.31. The van der Waals surface area contributed by atoms with E-state index in [4.69, 9.17) is 18.9 Å². The minimum absolute atomic E-state index is 0.0363. The molecule has 0 saturated carbocycles. The molecule has 7 nitrogen and oxygen atoms in total. The van der Waals surface area contributed by atoms with Crippen molar-refractivity contribution in [2.45, 2.75) is 51.1 Å². The number of likely N-dealkylation sites (N-methyl/N-ethyl adjacent to an activating group) is 1. The molecule has 3 aliphatic rings. The molecule has 1 unspecified atom stereocenters. The Labute approximate surface area is 172 Å². The van der Waals surface area contributed by atoms with Crippen molar-refractivity contribution in [3.05, 3.63) is 23.8 Å². The van der Waals surface area contributed by atoms with Crippen molar-refractivity contribution in [1.29, 1.82) is 0 Å². The largest absolute Gasteiger partial charge is 0.454 e. The number of benzene rings is 1. The maximum atomic E-state index is 12.7. The summed E-state index contributed by atoms with van der Waals surface area (Å²) in [5.74, 6) is 1.55. The molecule has 0 aromatic heterocycles. The molecule has 4 rings (SSSR count). The Hall–Kier alpha value is -1.99. The maximum absolute atomic E-state index is 12.7. The average Bonchev–Trinajstić information content (AvgIpc) is 3.15. The molecule has 1 atom stereocenters. The fraction of sp³-hybridized carbons (Fsp3) is 0.682. The number of ether oxygens (including phenoxy) is 4. The summed E-state index contributed by atoms with van der Waals surface area (Å²) in [5.41, 5.74) is 1.31. The van der Waals surface area contributed by atoms with Crippen LogP contribution in [0.25, 0.3) is 0 Å². The highest BCUT2D eigenvalue weighted by Crippen LogP contribution is 2.34. The van der Waals surface area contributed by atoms with Gasteiger partial charge in [-0.05, 0) is 57.4 Å². The van der Waals surface area contributed by atoms with Crippen LogP contribution in [0.3, 0.4) is 0 Å². The Bertz CT molecular complexity index is 721. The number of rotatable bonds is 7. The second kappa shape index (κ2) is 8.79. The van der Waals surface area contributed by atoms with Crippen LogP contribution in [0.4, 0.5) is 4.79 Å². The van der Waals surface area contributed by atoms with Crippen molar-refractivity contribution < 1.29 is 23.7 Å². The number of carbonyl (C=O) groups is 1. The summed E-state index contributed by atoms with van der Waals surface area (Å²) in [7, 11) is 0. The molecule has 0 bridgehead atoms. The molecule has 1 spiro atoms. The summed E-state index contributed by atoms with van der Waals surface area (Å²) in [6, 6.07) is 5.99. The van der Waals surface area contributed by atoms with E-state index in [1.54, 1.807) is 4.90 Å². The van der Waals surface area contributed by atoms with E-state index in [2.05, 4.69) is 11.8 Å². The van der Waals surface area contributed by atoms with Crippen molar-refractivity contribution in [2.75, 3.05) is 46.2 Å². The first-order valence-corrected chi connectivity index (χ1v) is 10.8. The monoisotopic (exact) mass is 404 g/mol. The number of nitrogens with zero attached hydrogens (tertiary/aromatic N) is 2. The van der Waals surface area contributed by atoms with E-state index in [1.807, 2.05) is 25.1 Å². The molecule has 0 radical (unpaired) electrons. The van der Waals surface area contributed by atoms with E-state index in [0.717, 1.165) is 49.8 Å². The van der Waals surface area contributed by atoms with Crippen molar-refractivity contribution in [1.82, 2.24) is 9.80 Å². The summed E-state index contributed by atoms with van der Waals surface area (Å²) >= 11 is 0. The van der Waals surface area contributed by atoms with Crippen molar-refractivity contribution in [2.24, 2.45) is 0 Å². The maximum Gasteiger partial charge on any atom is 0.410 e. The minimum Gasteiger partial charge on any atom is -0.454 e. The molecular weight excluding hydrogens is 372 g/mol. The average molecular weight is 405 g/mol. The van der Waals surface area contributed by atoms with Gasteiger partial charge in [0, 0.05) is 19.1 Å². The number of fused-ring (bicyclic) bond motifs is 1. The Morgan fingerprint density at radius 2 is 2.10 bits per heavy atom. The number of hydrogen-bond acceptors (Lipinski definition) is 6. The van der Waals surface area contributed by atoms with Crippen LogP contribution in [0.5, 0.6) is 11.5 Å². The van der Waals surface area contributed by atoms with Crippen LogP contribution in [-0.2, 0) is 15.9 Å². The molecule has 0 aliphatic carbocycles. The zero-order valence-corrected chi connectivity index (χ0v) is 17.5. The van der Waals surface area contributed by atoms with Crippen LogP contribution < -0.4 is 9.47 Å². The minimum atomic E-state index is -0.239. The second-order valence-corrected chi connectivity index (χ2v) is 8.30. The van der Waals surface area contributed by atoms with Crippen LogP contribution in [0.2, 0.25) is 0 Å². The van der Waals surface area contributed by atoms with Gasteiger partial charge in [0.05, 0.1) is 18.8 Å². The molecule has 160 valence electrons. The van der Waals surface area contributed by atoms with Crippen LogP contribution in [0.15, 0.2) is 18.2 Å². The zero-order chi connectivity index (χ0) is 20.3. The number of amides is 1. The van der Waals surface area contributed by atoms with E-state index in [-0.39, 0.29) is 24.5 Å². The van der Waals surface area contributed by atoms with Gasteiger partial charge in [-0.25, -0.2) is 4.79 Å². The lowest BCUT2D eigenvalue weighted by Crippen LogP contribution is -2.64. The van der Waals surface area contributed by atoms with E-state index < -0.39 is 0 Å². The van der Waals surface area contributed by atoms with Gasteiger partial charge in [-0.3, -0.25) is 4.90 Å². The molecule has 3 aliphatic heterocycles. The molecule has 1 amide bonds. The summed E-state index contributed by atoms with van der Waals surface area (Å²) in [5, 5.41) is 0. The van der Waals surface area contributed by atoms with Gasteiger partial charge in [0.15, 0.2) is 11.5 Å². The fourth-order valence-corrected chi connectivity index (χ4v) is 4.63. The molecule has 1 aromatic rings. The third-order valence-corrected chi connectivity index (χ3v) is 6.39. The second-order valence-electron chi connectivity index (χ2n) is 8.30. The lowest BCUT2D eigenvalue weighted by atomic mass is 9.85. The zero-order valence-electron chi connectivity index (χ0n) is 17.5. The Morgan fingerprint density at radius 3 is 2.86 bits per heavy atom. The summed E-state index contributed by atoms with van der Waals surface area (Å²) in [4.78, 5) is 16.9. The SMILES string of the molecule is CCN(C(=O)OCCN1CCCCC12COC2)C(C)Cc1ccc2c(c1)OCO2. The topological polar surface area (TPSA) is 60.5 Å². The van der Waals surface area contributed by atoms with Crippen molar-refractivity contribution in [3.8, 4) is 11.5 Å². The highest BCUT2D eigenvalue weighted by Gasteiger charge is 2.45. The van der Waals surface area contributed by atoms with Gasteiger partial charge >= 0.3 is 6.09 Å². The van der Waals surface area contributed by atoms with E-state index in [1.165, 1.54) is 19.3 Å². The fourth-order valence-electron chi connectivity index (χ4n) is 4.63. The lowest BCUT2D eigenvalue weighted by Gasteiger charge is -2.52. The van der Waals surface area contributed by atoms with Gasteiger partial charge in [-0.2, -0.15) is 0 Å². The van der Waals surface area contributed by atoms with Gasteiger partial charge in [0.2, 0.25) is 6.79 Å². The Kier molecular flexibility index (Phi) is 6.15. The van der Waals surface area contributed by atoms with Crippen LogP contribution in [0.1, 0.15) is 38.7 Å². The van der Waals surface area contributed by atoms with E-state index >= 15 is 0 Å². The van der Waals surface area contributed by atoms with Gasteiger partial charge < -0.3 is 23.8 Å². The molecular formula is C22H32N2O5. The van der Waals surface area contributed by atoms with Crippen LogP contribution in [-0.4, -0.2) is 73.7 Å². The van der Waals surface area contributed by atoms with Crippen LogP contribution >= 0.6 is 0 Å². The Morgan fingerprint density at radius 1 is 1.28 bits per heavy atom. The van der Waals surface area contributed by atoms with Crippen molar-refractivity contribution >= 4 is 6.09 Å². The third-order valence-electron chi connectivity index (χ3n) is 6.39. The molecule has 7 heteroatoms. The number of carbonyl (C=O) groups excluding carboxylic acids is 1. The molecule has 29 heavy (non-hydrogen) atoms. The number of hydrogen-bond donors (Lipinski definition) is 0. The quantitative estimate of drug-likeness (QED) is 0.696. The van der Waals surface area contributed by atoms with Gasteiger partial charge in [-0.1, -0.05) is 12.5 Å². The van der Waals surface area contributed by atoms with Gasteiger partial charge in [0.1, 0.15) is 6.61 Å². The predicted octanol–water partition coefficient (Wildman–Crippen LogP) is 3.06. The van der Waals surface area contributed by atoms with E-state index in [0.29, 0.717) is 13.2 Å². The van der Waals surface area contributed by atoms with Gasteiger partial charge in [0.25, 0.3) is 0 Å². The first-order valence-electron chi connectivity index (χ1n) is 10.8. The summed E-state index contributed by atoms with van der Waals surface area (Å²) < 4.78 is 21.9. The summed E-state index contributed by atoms with van der Waals surface area (Å²) in [6.07, 6.45) is 4.17. The first kappa shape index (κ1) is 20.3. The smallest absolute Gasteiger partial charge is 0.410 e. The lowest BCUT2D eigenvalue weighted by molar-refractivity contribution is -0.158. The molecule has 2 saturated heterocycles. The molecule has 3 heterocycles. The van der Waals surface area contributed by atoms with Gasteiger partial charge in [-0.15, -0.1) is 0 Å². The highest BCUT2D eigenvalue weighted by molar-refractivity contribution is 5.68. The normalized spacial score (nSPS) is 20.9. The standard InChI is InChI=1S/C22H32N2O5/c1-3-24(17(2)12-18-6-7-19-20(13-18)29-16-28-19)21(25)27-11-10-23-9-5-4-8-22(23)14-26-15-22/h6-7,13,17H,3-5,8-12,14-16H2,1-2H3.